The summed E-state index contributed by atoms with van der Waals surface area (Å²) < 4.78 is 1.32. The molecule has 7 nitrogen and oxygen atoms in total. The molecule has 1 aliphatic rings. The Hall–Kier alpha value is -2.06. The number of nitrogens with one attached hydrogen (secondary N) is 2. The molecule has 2 aromatic heterocycles. The van der Waals surface area contributed by atoms with Crippen LogP contribution in [0.25, 0.3) is 10.6 Å². The van der Waals surface area contributed by atoms with E-state index in [1.807, 2.05) is 20.8 Å². The van der Waals surface area contributed by atoms with Gasteiger partial charge in [0.2, 0.25) is 0 Å². The van der Waals surface area contributed by atoms with Crippen LogP contribution in [0.3, 0.4) is 0 Å². The number of hydrogen-bond acceptors (Lipinski definition) is 6. The molecule has 0 radical (unpaired) electrons. The topological polar surface area (TPSA) is 88.9 Å². The van der Waals surface area contributed by atoms with Crippen molar-refractivity contribution >= 4 is 17.2 Å². The van der Waals surface area contributed by atoms with E-state index in [0.29, 0.717) is 27.2 Å². The zero-order valence-electron chi connectivity index (χ0n) is 15.8. The van der Waals surface area contributed by atoms with Crippen molar-refractivity contribution < 1.29 is 4.79 Å². The summed E-state index contributed by atoms with van der Waals surface area (Å²) in [5.41, 5.74) is 2.58. The molecule has 2 unspecified atom stereocenters. The first-order chi connectivity index (χ1) is 12.3. The zero-order chi connectivity index (χ0) is 19.0. The molecule has 0 aromatic carbocycles. The van der Waals surface area contributed by atoms with Gasteiger partial charge in [-0.15, -0.1) is 11.3 Å². The Kier molecular flexibility index (Phi) is 5.24. The molecule has 1 aliphatic heterocycles. The maximum Gasteiger partial charge on any atom is 0.277 e. The Labute approximate surface area is 156 Å². The minimum Gasteiger partial charge on any atom is -0.348 e. The van der Waals surface area contributed by atoms with Gasteiger partial charge in [0.1, 0.15) is 9.88 Å². The standard InChI is InChI=1S/C18H25N5O2S/c1-9-8-13(6-7-19-9)21-16(24)15-12(4)20-17(26-15)14-10(2)11(3)22-23(5)18(14)25/h9,13,19H,6-8H2,1-5H3,(H,21,24). The number of carbonyl (C=O) groups is 1. The van der Waals surface area contributed by atoms with E-state index in [1.54, 1.807) is 7.05 Å². The highest BCUT2D eigenvalue weighted by atomic mass is 32.1. The van der Waals surface area contributed by atoms with Crippen molar-refractivity contribution in [1.82, 2.24) is 25.4 Å². The van der Waals surface area contributed by atoms with Gasteiger partial charge in [0.05, 0.1) is 17.0 Å². The van der Waals surface area contributed by atoms with Crippen LogP contribution < -0.4 is 16.2 Å². The predicted molar refractivity (Wildman–Crippen MR) is 103 cm³/mol. The van der Waals surface area contributed by atoms with E-state index in [9.17, 15) is 9.59 Å². The van der Waals surface area contributed by atoms with E-state index in [2.05, 4.69) is 27.6 Å². The average molecular weight is 375 g/mol. The molecule has 1 saturated heterocycles. The fourth-order valence-electron chi connectivity index (χ4n) is 3.33. The van der Waals surface area contributed by atoms with E-state index in [0.717, 1.165) is 30.6 Å². The van der Waals surface area contributed by atoms with Crippen LogP contribution >= 0.6 is 11.3 Å². The minimum atomic E-state index is -0.194. The van der Waals surface area contributed by atoms with Crippen LogP contribution in [0.1, 0.15) is 46.4 Å². The van der Waals surface area contributed by atoms with Crippen LogP contribution in [-0.2, 0) is 7.05 Å². The third kappa shape index (κ3) is 3.57. The second-order valence-corrected chi connectivity index (χ2v) is 8.00. The van der Waals surface area contributed by atoms with E-state index in [-0.39, 0.29) is 17.5 Å². The molecule has 2 aromatic rings. The third-order valence-electron chi connectivity index (χ3n) is 4.90. The fraction of sp³-hybridized carbons (Fsp3) is 0.556. The molecule has 0 bridgehead atoms. The van der Waals surface area contributed by atoms with Crippen molar-refractivity contribution in [3.05, 3.63) is 32.2 Å². The van der Waals surface area contributed by atoms with Gasteiger partial charge in [0.25, 0.3) is 11.5 Å². The van der Waals surface area contributed by atoms with Crippen LogP contribution in [0.4, 0.5) is 0 Å². The van der Waals surface area contributed by atoms with Crippen molar-refractivity contribution in [2.75, 3.05) is 6.54 Å². The van der Waals surface area contributed by atoms with Gasteiger partial charge in [0.15, 0.2) is 0 Å². The minimum absolute atomic E-state index is 0.106. The molecule has 2 N–H and O–H groups in total. The Bertz CT molecular complexity index is 902. The number of aryl methyl sites for hydroxylation is 3. The molecule has 3 heterocycles. The Morgan fingerprint density at radius 1 is 1.31 bits per heavy atom. The van der Waals surface area contributed by atoms with Crippen LogP contribution in [0.15, 0.2) is 4.79 Å². The normalized spacial score (nSPS) is 20.2. The zero-order valence-corrected chi connectivity index (χ0v) is 16.7. The first-order valence-corrected chi connectivity index (χ1v) is 9.66. The molecule has 26 heavy (non-hydrogen) atoms. The predicted octanol–water partition coefficient (Wildman–Crippen LogP) is 1.70. The third-order valence-corrected chi connectivity index (χ3v) is 6.07. The highest BCUT2D eigenvalue weighted by Crippen LogP contribution is 2.28. The average Bonchev–Trinajstić information content (AvgIpc) is 2.95. The Balaban J connectivity index is 1.91. The lowest BCUT2D eigenvalue weighted by Crippen LogP contribution is -2.46. The van der Waals surface area contributed by atoms with E-state index in [4.69, 9.17) is 0 Å². The summed E-state index contributed by atoms with van der Waals surface area (Å²) in [5.74, 6) is -0.106. The number of amides is 1. The van der Waals surface area contributed by atoms with Crippen molar-refractivity contribution in [3.8, 4) is 10.6 Å². The lowest BCUT2D eigenvalue weighted by Gasteiger charge is -2.28. The largest absolute Gasteiger partial charge is 0.348 e. The molecule has 0 spiro atoms. The first kappa shape index (κ1) is 18.7. The second-order valence-electron chi connectivity index (χ2n) is 7.00. The smallest absolute Gasteiger partial charge is 0.277 e. The second kappa shape index (κ2) is 7.28. The summed E-state index contributed by atoms with van der Waals surface area (Å²) >= 11 is 1.28. The van der Waals surface area contributed by atoms with Crippen LogP contribution in [0.5, 0.6) is 0 Å². The number of thiazole rings is 1. The maximum atomic E-state index is 12.7. The van der Waals surface area contributed by atoms with Crippen LogP contribution in [0, 0.1) is 20.8 Å². The van der Waals surface area contributed by atoms with Gasteiger partial charge in [-0.3, -0.25) is 9.59 Å². The van der Waals surface area contributed by atoms with Gasteiger partial charge in [-0.1, -0.05) is 0 Å². The molecule has 2 atom stereocenters. The van der Waals surface area contributed by atoms with E-state index < -0.39 is 0 Å². The highest BCUT2D eigenvalue weighted by molar-refractivity contribution is 7.17. The van der Waals surface area contributed by atoms with Crippen molar-refractivity contribution in [1.29, 1.82) is 0 Å². The molecule has 0 aliphatic carbocycles. The molecular weight excluding hydrogens is 350 g/mol. The van der Waals surface area contributed by atoms with Gasteiger partial charge < -0.3 is 10.6 Å². The molecule has 0 saturated carbocycles. The number of piperidine rings is 1. The van der Waals surface area contributed by atoms with Gasteiger partial charge >= 0.3 is 0 Å². The fourth-order valence-corrected chi connectivity index (χ4v) is 4.39. The van der Waals surface area contributed by atoms with Gasteiger partial charge in [-0.25, -0.2) is 9.67 Å². The van der Waals surface area contributed by atoms with Gasteiger partial charge in [-0.05, 0) is 52.6 Å². The van der Waals surface area contributed by atoms with E-state index >= 15 is 0 Å². The molecule has 8 heteroatoms. The van der Waals surface area contributed by atoms with Crippen molar-refractivity contribution in [2.24, 2.45) is 7.05 Å². The van der Waals surface area contributed by atoms with Crippen molar-refractivity contribution in [2.45, 2.75) is 52.6 Å². The number of hydrogen-bond donors (Lipinski definition) is 2. The maximum absolute atomic E-state index is 12.7. The Morgan fingerprint density at radius 2 is 2.04 bits per heavy atom. The lowest BCUT2D eigenvalue weighted by molar-refractivity contribution is 0.0929. The summed E-state index contributed by atoms with van der Waals surface area (Å²) in [7, 11) is 1.63. The van der Waals surface area contributed by atoms with Gasteiger partial charge in [0, 0.05) is 19.1 Å². The number of carbonyl (C=O) groups excluding carboxylic acids is 1. The summed E-state index contributed by atoms with van der Waals surface area (Å²) in [4.78, 5) is 30.4. The summed E-state index contributed by atoms with van der Waals surface area (Å²) in [6.07, 6.45) is 1.84. The van der Waals surface area contributed by atoms with Crippen LogP contribution in [-0.4, -0.2) is 39.3 Å². The number of rotatable bonds is 3. The molecule has 3 rings (SSSR count). The molecule has 140 valence electrons. The molecule has 1 fully saturated rings. The summed E-state index contributed by atoms with van der Waals surface area (Å²) in [6.45, 7) is 8.58. The quantitative estimate of drug-likeness (QED) is 0.852. The highest BCUT2D eigenvalue weighted by Gasteiger charge is 2.24. The first-order valence-electron chi connectivity index (χ1n) is 8.84. The summed E-state index contributed by atoms with van der Waals surface area (Å²) in [5, 5.41) is 11.3. The Morgan fingerprint density at radius 3 is 2.73 bits per heavy atom. The van der Waals surface area contributed by atoms with Gasteiger partial charge in [-0.2, -0.15) is 5.10 Å². The van der Waals surface area contributed by atoms with Crippen LogP contribution in [0.2, 0.25) is 0 Å². The SMILES string of the molecule is Cc1nc(-c2c(C)c(C)nn(C)c2=O)sc1C(=O)NC1CCNC(C)C1. The summed E-state index contributed by atoms with van der Waals surface area (Å²) in [6, 6.07) is 0.569. The van der Waals surface area contributed by atoms with E-state index in [1.165, 1.54) is 16.0 Å². The monoisotopic (exact) mass is 375 g/mol. The molecular formula is C18H25N5O2S. The van der Waals surface area contributed by atoms with Crippen molar-refractivity contribution in [3.63, 3.8) is 0 Å². The number of aromatic nitrogens is 3. The molecule has 1 amide bonds. The number of nitrogens with zero attached hydrogens (tertiary/aromatic N) is 3. The lowest BCUT2D eigenvalue weighted by atomic mass is 10.0.